The molecule has 1 aliphatic carbocycles. The number of nitrogens with one attached hydrogen (secondary N) is 2. The number of hydrogen-bond donors (Lipinski definition) is 2. The van der Waals surface area contributed by atoms with Crippen LogP contribution in [0.2, 0.25) is 0 Å². The van der Waals surface area contributed by atoms with Gasteiger partial charge in [0.2, 0.25) is 0 Å². The summed E-state index contributed by atoms with van der Waals surface area (Å²) >= 11 is 0. The maximum atomic E-state index is 13.8. The molecule has 0 spiro atoms. The first-order valence-electron chi connectivity index (χ1n) is 7.45. The highest BCUT2D eigenvalue weighted by Crippen LogP contribution is 2.44. The molecule has 1 atom stereocenters. The Morgan fingerprint density at radius 2 is 2.15 bits per heavy atom. The molecule has 0 aliphatic heterocycles. The fraction of sp³-hybridized carbons (Fsp3) is 0.529. The first-order chi connectivity index (χ1) is 9.41. The van der Waals surface area contributed by atoms with Crippen molar-refractivity contribution in [3.8, 4) is 0 Å². The van der Waals surface area contributed by atoms with Gasteiger partial charge in [0, 0.05) is 22.6 Å². The normalized spacial score (nSPS) is 21.1. The average Bonchev–Trinajstić information content (AvgIpc) is 2.66. The van der Waals surface area contributed by atoms with Gasteiger partial charge in [0.15, 0.2) is 0 Å². The summed E-state index contributed by atoms with van der Waals surface area (Å²) in [6.07, 6.45) is 2.12. The van der Waals surface area contributed by atoms with Crippen molar-refractivity contribution in [2.24, 2.45) is 5.41 Å². The molecule has 2 aromatic rings. The lowest BCUT2D eigenvalue weighted by molar-refractivity contribution is 0.259. The highest BCUT2D eigenvalue weighted by Gasteiger charge is 2.34. The number of H-pyrrole nitrogens is 1. The molecule has 20 heavy (non-hydrogen) atoms. The fourth-order valence-electron chi connectivity index (χ4n) is 3.67. The molecule has 3 rings (SSSR count). The van der Waals surface area contributed by atoms with Crippen molar-refractivity contribution in [2.75, 3.05) is 6.54 Å². The number of halogens is 1. The number of hydrogen-bond acceptors (Lipinski definition) is 1. The van der Waals surface area contributed by atoms with Crippen molar-refractivity contribution in [1.29, 1.82) is 0 Å². The average molecular weight is 274 g/mol. The highest BCUT2D eigenvalue weighted by atomic mass is 19.1. The smallest absolute Gasteiger partial charge is 0.124 e. The van der Waals surface area contributed by atoms with E-state index in [-0.39, 0.29) is 11.2 Å². The van der Waals surface area contributed by atoms with E-state index in [0.29, 0.717) is 6.04 Å². The predicted octanol–water partition coefficient (Wildman–Crippen LogP) is 4.24. The first kappa shape index (κ1) is 13.6. The van der Waals surface area contributed by atoms with Gasteiger partial charge in [0.25, 0.3) is 0 Å². The van der Waals surface area contributed by atoms with E-state index in [1.165, 1.54) is 11.3 Å². The second kappa shape index (κ2) is 4.59. The molecule has 2 nitrogen and oxygen atoms in total. The summed E-state index contributed by atoms with van der Waals surface area (Å²) in [5.74, 6) is -0.142. The number of aromatic amines is 1. The van der Waals surface area contributed by atoms with Crippen LogP contribution in [0, 0.1) is 18.2 Å². The minimum Gasteiger partial charge on any atom is -0.358 e. The Balaban J connectivity index is 2.24. The van der Waals surface area contributed by atoms with Crippen LogP contribution >= 0.6 is 0 Å². The Morgan fingerprint density at radius 3 is 2.85 bits per heavy atom. The van der Waals surface area contributed by atoms with Crippen molar-refractivity contribution >= 4 is 10.9 Å². The summed E-state index contributed by atoms with van der Waals surface area (Å²) in [4.78, 5) is 3.55. The monoisotopic (exact) mass is 274 g/mol. The van der Waals surface area contributed by atoms with Gasteiger partial charge in [-0.05, 0) is 55.0 Å². The first-order valence-corrected chi connectivity index (χ1v) is 7.45. The van der Waals surface area contributed by atoms with Gasteiger partial charge < -0.3 is 10.3 Å². The molecule has 1 heterocycles. The summed E-state index contributed by atoms with van der Waals surface area (Å²) in [7, 11) is 0. The van der Waals surface area contributed by atoms with Gasteiger partial charge in [-0.1, -0.05) is 20.8 Å². The maximum absolute atomic E-state index is 13.8. The van der Waals surface area contributed by atoms with Crippen molar-refractivity contribution < 1.29 is 4.39 Å². The lowest BCUT2D eigenvalue weighted by Crippen LogP contribution is -2.33. The van der Waals surface area contributed by atoms with E-state index in [0.717, 1.165) is 35.9 Å². The number of benzene rings is 1. The fourth-order valence-corrected chi connectivity index (χ4v) is 3.67. The third kappa shape index (κ3) is 2.14. The Morgan fingerprint density at radius 1 is 1.40 bits per heavy atom. The van der Waals surface area contributed by atoms with E-state index in [9.17, 15) is 4.39 Å². The largest absolute Gasteiger partial charge is 0.358 e. The van der Waals surface area contributed by atoms with Gasteiger partial charge in [-0.15, -0.1) is 0 Å². The minimum atomic E-state index is -0.142. The zero-order valence-corrected chi connectivity index (χ0v) is 12.7. The second-order valence-electron chi connectivity index (χ2n) is 6.82. The van der Waals surface area contributed by atoms with E-state index in [1.54, 1.807) is 12.1 Å². The molecule has 1 aliphatic rings. The number of aryl methyl sites for hydroxylation is 1. The Kier molecular flexibility index (Phi) is 3.13. The van der Waals surface area contributed by atoms with Crippen molar-refractivity contribution in [3.05, 3.63) is 34.8 Å². The van der Waals surface area contributed by atoms with Gasteiger partial charge in [0.1, 0.15) is 5.82 Å². The van der Waals surface area contributed by atoms with Crippen LogP contribution in [0.4, 0.5) is 4.39 Å². The lowest BCUT2D eigenvalue weighted by Gasteiger charge is -2.35. The van der Waals surface area contributed by atoms with Crippen LogP contribution in [-0.2, 0) is 6.42 Å². The van der Waals surface area contributed by atoms with Gasteiger partial charge in [-0.25, -0.2) is 4.39 Å². The standard InChI is InChI=1S/C17H23FN2/c1-5-19-13-8-17(3,4)9-14-15(13)12-7-11(18)6-10(2)16(12)20-14/h6-7,13,19-20H,5,8-9H2,1-4H3. The van der Waals surface area contributed by atoms with Crippen LogP contribution in [-0.4, -0.2) is 11.5 Å². The third-order valence-corrected chi connectivity index (χ3v) is 4.40. The number of aromatic nitrogens is 1. The van der Waals surface area contributed by atoms with Gasteiger partial charge in [-0.2, -0.15) is 0 Å². The predicted molar refractivity (Wildman–Crippen MR) is 81.5 cm³/mol. The molecule has 108 valence electrons. The molecule has 1 aromatic carbocycles. The van der Waals surface area contributed by atoms with Crippen molar-refractivity contribution in [2.45, 2.75) is 46.6 Å². The quantitative estimate of drug-likeness (QED) is 0.842. The SMILES string of the molecule is CCNC1CC(C)(C)Cc2[nH]c3c(C)cc(F)cc3c21. The molecule has 1 aromatic heterocycles. The van der Waals surface area contributed by atoms with E-state index >= 15 is 0 Å². The molecule has 3 heteroatoms. The molecule has 2 N–H and O–H groups in total. The zero-order chi connectivity index (χ0) is 14.5. The Labute approximate surface area is 119 Å². The Hall–Kier alpha value is -1.35. The van der Waals surface area contributed by atoms with Crippen LogP contribution in [0.3, 0.4) is 0 Å². The van der Waals surface area contributed by atoms with Crippen LogP contribution in [0.15, 0.2) is 12.1 Å². The van der Waals surface area contributed by atoms with Crippen LogP contribution < -0.4 is 5.32 Å². The lowest BCUT2D eigenvalue weighted by atomic mass is 9.74. The van der Waals surface area contributed by atoms with Gasteiger partial charge in [0.05, 0.1) is 0 Å². The van der Waals surface area contributed by atoms with E-state index in [4.69, 9.17) is 0 Å². The summed E-state index contributed by atoms with van der Waals surface area (Å²) in [6, 6.07) is 3.60. The van der Waals surface area contributed by atoms with Crippen LogP contribution in [0.1, 0.15) is 50.1 Å². The molecule has 1 unspecified atom stereocenters. The van der Waals surface area contributed by atoms with Gasteiger partial charge >= 0.3 is 0 Å². The molecule has 0 saturated carbocycles. The molecule has 0 fully saturated rings. The topological polar surface area (TPSA) is 27.8 Å². The van der Waals surface area contributed by atoms with E-state index in [1.807, 2.05) is 6.92 Å². The molecular weight excluding hydrogens is 251 g/mol. The van der Waals surface area contributed by atoms with Crippen LogP contribution in [0.25, 0.3) is 10.9 Å². The molecule has 0 saturated heterocycles. The molecular formula is C17H23FN2. The molecule has 0 radical (unpaired) electrons. The van der Waals surface area contributed by atoms with Crippen molar-refractivity contribution in [1.82, 2.24) is 10.3 Å². The minimum absolute atomic E-state index is 0.142. The number of rotatable bonds is 2. The second-order valence-corrected chi connectivity index (χ2v) is 6.82. The molecule has 0 bridgehead atoms. The molecule has 0 amide bonds. The maximum Gasteiger partial charge on any atom is 0.124 e. The summed E-state index contributed by atoms with van der Waals surface area (Å²) < 4.78 is 13.8. The summed E-state index contributed by atoms with van der Waals surface area (Å²) in [6.45, 7) is 9.64. The zero-order valence-electron chi connectivity index (χ0n) is 12.7. The van der Waals surface area contributed by atoms with Crippen LogP contribution in [0.5, 0.6) is 0 Å². The highest BCUT2D eigenvalue weighted by molar-refractivity contribution is 5.88. The van der Waals surface area contributed by atoms with E-state index in [2.05, 4.69) is 31.1 Å². The summed E-state index contributed by atoms with van der Waals surface area (Å²) in [5.41, 5.74) is 4.91. The van der Waals surface area contributed by atoms with E-state index < -0.39 is 0 Å². The third-order valence-electron chi connectivity index (χ3n) is 4.40. The van der Waals surface area contributed by atoms with Gasteiger partial charge in [-0.3, -0.25) is 0 Å². The summed E-state index contributed by atoms with van der Waals surface area (Å²) in [5, 5.41) is 4.63. The number of fused-ring (bicyclic) bond motifs is 3. The Bertz CT molecular complexity index is 655. The van der Waals surface area contributed by atoms with Crippen molar-refractivity contribution in [3.63, 3.8) is 0 Å².